The fourth-order valence-corrected chi connectivity index (χ4v) is 2.44. The van der Waals surface area contributed by atoms with Crippen molar-refractivity contribution in [3.05, 3.63) is 35.9 Å². The zero-order valence-electron chi connectivity index (χ0n) is 11.2. The van der Waals surface area contributed by atoms with E-state index in [1.54, 1.807) is 0 Å². The summed E-state index contributed by atoms with van der Waals surface area (Å²) >= 11 is 0. The fourth-order valence-electron chi connectivity index (χ4n) is 2.44. The number of hydrogen-bond donors (Lipinski definition) is 1. The number of rotatable bonds is 1. The Kier molecular flexibility index (Phi) is 3.85. The predicted octanol–water partition coefficient (Wildman–Crippen LogP) is 2.82. The van der Waals surface area contributed by atoms with E-state index in [0.717, 1.165) is 13.1 Å². The minimum absolute atomic E-state index is 0.263. The standard InChI is InChI=1S/C15H24N2/c1-15(2,3)17-11-7-10-16-14(12-17)13-8-5-4-6-9-13/h4-6,8-9,14,16H,7,10-12H2,1-3H3. The summed E-state index contributed by atoms with van der Waals surface area (Å²) in [5.74, 6) is 0. The first-order chi connectivity index (χ1) is 8.07. The van der Waals surface area contributed by atoms with E-state index in [-0.39, 0.29) is 5.54 Å². The second-order valence-electron chi connectivity index (χ2n) is 5.89. The third kappa shape index (κ3) is 3.30. The third-order valence-corrected chi connectivity index (χ3v) is 3.55. The summed E-state index contributed by atoms with van der Waals surface area (Å²) in [7, 11) is 0. The highest BCUT2D eigenvalue weighted by Crippen LogP contribution is 2.22. The summed E-state index contributed by atoms with van der Waals surface area (Å²) in [4.78, 5) is 2.59. The zero-order valence-corrected chi connectivity index (χ0v) is 11.2. The smallest absolute Gasteiger partial charge is 0.0449 e. The molecule has 2 nitrogen and oxygen atoms in total. The lowest BCUT2D eigenvalue weighted by Crippen LogP contribution is -2.44. The van der Waals surface area contributed by atoms with E-state index in [9.17, 15) is 0 Å². The van der Waals surface area contributed by atoms with Crippen LogP contribution in [0, 0.1) is 0 Å². The lowest BCUT2D eigenvalue weighted by atomic mass is 10.0. The van der Waals surface area contributed by atoms with E-state index >= 15 is 0 Å². The second kappa shape index (κ2) is 5.19. The van der Waals surface area contributed by atoms with Gasteiger partial charge in [0.05, 0.1) is 0 Å². The van der Waals surface area contributed by atoms with Gasteiger partial charge in [-0.3, -0.25) is 4.90 Å². The highest BCUT2D eigenvalue weighted by molar-refractivity contribution is 5.19. The van der Waals surface area contributed by atoms with Gasteiger partial charge in [0.25, 0.3) is 0 Å². The van der Waals surface area contributed by atoms with Gasteiger partial charge in [0, 0.05) is 18.1 Å². The van der Waals surface area contributed by atoms with Gasteiger partial charge in [-0.1, -0.05) is 30.3 Å². The van der Waals surface area contributed by atoms with Gasteiger partial charge in [-0.15, -0.1) is 0 Å². The Morgan fingerprint density at radius 1 is 1.18 bits per heavy atom. The predicted molar refractivity (Wildman–Crippen MR) is 73.1 cm³/mol. The minimum Gasteiger partial charge on any atom is -0.309 e. The van der Waals surface area contributed by atoms with Crippen molar-refractivity contribution in [2.75, 3.05) is 19.6 Å². The normalized spacial score (nSPS) is 23.4. The zero-order chi connectivity index (χ0) is 12.3. The van der Waals surface area contributed by atoms with Crippen LogP contribution in [0.15, 0.2) is 30.3 Å². The summed E-state index contributed by atoms with van der Waals surface area (Å²) in [6, 6.07) is 11.3. The molecule has 0 aliphatic carbocycles. The van der Waals surface area contributed by atoms with Crippen LogP contribution in [0.4, 0.5) is 0 Å². The molecular formula is C15H24N2. The Bertz CT molecular complexity index is 340. The van der Waals surface area contributed by atoms with Crippen molar-refractivity contribution >= 4 is 0 Å². The molecule has 1 aromatic rings. The fraction of sp³-hybridized carbons (Fsp3) is 0.600. The monoisotopic (exact) mass is 232 g/mol. The Morgan fingerprint density at radius 3 is 2.53 bits per heavy atom. The average Bonchev–Trinajstić information content (AvgIpc) is 2.55. The molecule has 0 spiro atoms. The molecule has 1 atom stereocenters. The molecule has 1 aromatic carbocycles. The van der Waals surface area contributed by atoms with Crippen LogP contribution in [0.25, 0.3) is 0 Å². The number of hydrogen-bond acceptors (Lipinski definition) is 2. The summed E-state index contributed by atoms with van der Waals surface area (Å²) in [5.41, 5.74) is 1.67. The second-order valence-corrected chi connectivity index (χ2v) is 5.89. The molecule has 1 unspecified atom stereocenters. The molecule has 1 heterocycles. The van der Waals surface area contributed by atoms with Crippen LogP contribution in [-0.4, -0.2) is 30.1 Å². The largest absolute Gasteiger partial charge is 0.309 e. The Morgan fingerprint density at radius 2 is 1.88 bits per heavy atom. The molecule has 0 aromatic heterocycles. The summed E-state index contributed by atoms with van der Waals surface area (Å²) < 4.78 is 0. The molecule has 1 saturated heterocycles. The molecule has 2 rings (SSSR count). The van der Waals surface area contributed by atoms with Gasteiger partial charge in [0.15, 0.2) is 0 Å². The van der Waals surface area contributed by atoms with Crippen LogP contribution in [0.1, 0.15) is 38.8 Å². The molecule has 0 saturated carbocycles. The minimum atomic E-state index is 0.263. The molecule has 17 heavy (non-hydrogen) atoms. The number of nitrogens with one attached hydrogen (secondary N) is 1. The quantitative estimate of drug-likeness (QED) is 0.801. The van der Waals surface area contributed by atoms with Crippen molar-refractivity contribution < 1.29 is 0 Å². The van der Waals surface area contributed by atoms with Gasteiger partial charge < -0.3 is 5.32 Å². The van der Waals surface area contributed by atoms with Crippen molar-refractivity contribution in [2.24, 2.45) is 0 Å². The molecular weight excluding hydrogens is 208 g/mol. The lowest BCUT2D eigenvalue weighted by Gasteiger charge is -2.36. The van der Waals surface area contributed by atoms with Crippen molar-refractivity contribution in [3.8, 4) is 0 Å². The molecule has 2 heteroatoms. The molecule has 0 bridgehead atoms. The van der Waals surface area contributed by atoms with Crippen LogP contribution < -0.4 is 5.32 Å². The first-order valence-electron chi connectivity index (χ1n) is 6.61. The Balaban J connectivity index is 2.13. The van der Waals surface area contributed by atoms with Crippen molar-refractivity contribution in [2.45, 2.75) is 38.8 Å². The number of nitrogens with zero attached hydrogens (tertiary/aromatic N) is 1. The Hall–Kier alpha value is -0.860. The first kappa shape index (κ1) is 12.6. The van der Waals surface area contributed by atoms with Gasteiger partial charge in [0.2, 0.25) is 0 Å². The van der Waals surface area contributed by atoms with E-state index in [4.69, 9.17) is 0 Å². The van der Waals surface area contributed by atoms with Gasteiger partial charge in [-0.25, -0.2) is 0 Å². The van der Waals surface area contributed by atoms with Gasteiger partial charge in [0.1, 0.15) is 0 Å². The van der Waals surface area contributed by atoms with E-state index in [1.807, 2.05) is 0 Å². The van der Waals surface area contributed by atoms with E-state index in [2.05, 4.69) is 61.3 Å². The molecule has 1 aliphatic heterocycles. The van der Waals surface area contributed by atoms with Gasteiger partial charge >= 0.3 is 0 Å². The van der Waals surface area contributed by atoms with Crippen LogP contribution in [0.2, 0.25) is 0 Å². The maximum atomic E-state index is 3.66. The lowest BCUT2D eigenvalue weighted by molar-refractivity contribution is 0.134. The SMILES string of the molecule is CC(C)(C)N1CCCNC(c2ccccc2)C1. The van der Waals surface area contributed by atoms with E-state index in [1.165, 1.54) is 18.5 Å². The van der Waals surface area contributed by atoms with Crippen molar-refractivity contribution in [1.82, 2.24) is 10.2 Å². The molecule has 0 radical (unpaired) electrons. The Labute approximate surface area is 105 Å². The van der Waals surface area contributed by atoms with Gasteiger partial charge in [-0.2, -0.15) is 0 Å². The highest BCUT2D eigenvalue weighted by Gasteiger charge is 2.26. The van der Waals surface area contributed by atoms with E-state index < -0.39 is 0 Å². The van der Waals surface area contributed by atoms with Crippen LogP contribution in [-0.2, 0) is 0 Å². The maximum Gasteiger partial charge on any atom is 0.0449 e. The molecule has 1 fully saturated rings. The van der Waals surface area contributed by atoms with Crippen LogP contribution >= 0.6 is 0 Å². The van der Waals surface area contributed by atoms with Gasteiger partial charge in [-0.05, 0) is 45.8 Å². The molecule has 1 N–H and O–H groups in total. The first-order valence-corrected chi connectivity index (χ1v) is 6.61. The van der Waals surface area contributed by atoms with Crippen LogP contribution in [0.3, 0.4) is 0 Å². The molecule has 0 amide bonds. The topological polar surface area (TPSA) is 15.3 Å². The summed E-state index contributed by atoms with van der Waals surface area (Å²) in [6.45, 7) is 10.3. The average molecular weight is 232 g/mol. The summed E-state index contributed by atoms with van der Waals surface area (Å²) in [5, 5.41) is 3.66. The van der Waals surface area contributed by atoms with Crippen molar-refractivity contribution in [1.29, 1.82) is 0 Å². The maximum absolute atomic E-state index is 3.66. The highest BCUT2D eigenvalue weighted by atomic mass is 15.2. The molecule has 1 aliphatic rings. The van der Waals surface area contributed by atoms with Crippen LogP contribution in [0.5, 0.6) is 0 Å². The third-order valence-electron chi connectivity index (χ3n) is 3.55. The molecule has 94 valence electrons. The van der Waals surface area contributed by atoms with Crippen molar-refractivity contribution in [3.63, 3.8) is 0 Å². The number of benzene rings is 1. The summed E-state index contributed by atoms with van der Waals surface area (Å²) in [6.07, 6.45) is 1.24. The van der Waals surface area contributed by atoms with E-state index in [0.29, 0.717) is 6.04 Å².